The Balaban J connectivity index is 2.37. The smallest absolute Gasteiger partial charge is 0.191 e. The molecule has 0 aromatic rings. The van der Waals surface area contributed by atoms with Gasteiger partial charge in [0.1, 0.15) is 0 Å². The average Bonchev–Trinajstić information content (AvgIpc) is 2.57. The first-order chi connectivity index (χ1) is 10.6. The number of rotatable bonds is 8. The van der Waals surface area contributed by atoms with Gasteiger partial charge in [-0.3, -0.25) is 9.20 Å². The average molecular weight is 331 g/mol. The molecule has 0 aromatic carbocycles. The molecule has 1 rings (SSSR count). The van der Waals surface area contributed by atoms with Crippen molar-refractivity contribution in [3.05, 3.63) is 0 Å². The van der Waals surface area contributed by atoms with Gasteiger partial charge in [0.05, 0.1) is 0 Å². The molecule has 6 heteroatoms. The Labute approximate surface area is 138 Å². The fourth-order valence-electron chi connectivity index (χ4n) is 3.01. The maximum absolute atomic E-state index is 12.0. The van der Waals surface area contributed by atoms with Crippen molar-refractivity contribution in [2.24, 2.45) is 4.99 Å². The molecule has 0 saturated heterocycles. The Hall–Kier alpha value is -0.620. The summed E-state index contributed by atoms with van der Waals surface area (Å²) in [6.45, 7) is 10.5. The third-order valence-corrected chi connectivity index (χ3v) is 6.20. The Bertz CT molecular complexity index is 358. The molecule has 0 amide bonds. The van der Waals surface area contributed by atoms with E-state index in [1.165, 1.54) is 0 Å². The third-order valence-electron chi connectivity index (χ3n) is 4.46. The molecule has 3 unspecified atom stereocenters. The molecule has 0 bridgehead atoms. The van der Waals surface area contributed by atoms with E-state index in [4.69, 9.17) is 0 Å². The maximum Gasteiger partial charge on any atom is 0.191 e. The second-order valence-electron chi connectivity index (χ2n) is 5.83. The molecule has 1 aliphatic rings. The summed E-state index contributed by atoms with van der Waals surface area (Å²) in [6.07, 6.45) is 4.41. The molecular weight excluding hydrogens is 296 g/mol. The zero-order valence-electron chi connectivity index (χ0n) is 14.7. The topological polar surface area (TPSA) is 56.7 Å². The van der Waals surface area contributed by atoms with Crippen molar-refractivity contribution in [3.63, 3.8) is 0 Å². The Kier molecular flexibility index (Phi) is 9.71. The van der Waals surface area contributed by atoms with Crippen LogP contribution in [0.1, 0.15) is 46.5 Å². The van der Waals surface area contributed by atoms with Gasteiger partial charge in [-0.25, -0.2) is 0 Å². The molecule has 0 heterocycles. The molecule has 2 N–H and O–H groups in total. The van der Waals surface area contributed by atoms with Crippen LogP contribution in [-0.2, 0) is 10.8 Å². The maximum atomic E-state index is 12.0. The van der Waals surface area contributed by atoms with Gasteiger partial charge in [-0.2, -0.15) is 0 Å². The summed E-state index contributed by atoms with van der Waals surface area (Å²) in [7, 11) is 1.14. The van der Waals surface area contributed by atoms with Crippen LogP contribution in [0.4, 0.5) is 0 Å². The van der Waals surface area contributed by atoms with Crippen LogP contribution < -0.4 is 10.6 Å². The number of guanidine groups is 1. The molecule has 0 radical (unpaired) electrons. The first kappa shape index (κ1) is 19.4. The summed E-state index contributed by atoms with van der Waals surface area (Å²) in [5, 5.41) is 7.26. The van der Waals surface area contributed by atoms with E-state index in [0.29, 0.717) is 11.3 Å². The van der Waals surface area contributed by atoms with Crippen LogP contribution in [0.5, 0.6) is 0 Å². The predicted octanol–water partition coefficient (Wildman–Crippen LogP) is 1.57. The van der Waals surface area contributed by atoms with Gasteiger partial charge in [0, 0.05) is 48.0 Å². The van der Waals surface area contributed by atoms with Gasteiger partial charge in [-0.1, -0.05) is 27.2 Å². The zero-order chi connectivity index (χ0) is 16.4. The highest BCUT2D eigenvalue weighted by molar-refractivity contribution is 7.85. The fraction of sp³-hybridized carbons (Fsp3) is 0.938. The number of hydrogen-bond acceptors (Lipinski definition) is 3. The van der Waals surface area contributed by atoms with Crippen molar-refractivity contribution in [1.29, 1.82) is 0 Å². The van der Waals surface area contributed by atoms with E-state index >= 15 is 0 Å². The normalized spacial score (nSPS) is 24.3. The highest BCUT2D eigenvalue weighted by Gasteiger charge is 2.25. The van der Waals surface area contributed by atoms with Crippen molar-refractivity contribution in [1.82, 2.24) is 15.5 Å². The minimum atomic E-state index is -0.672. The fourth-order valence-corrected chi connectivity index (χ4v) is 4.36. The van der Waals surface area contributed by atoms with Crippen LogP contribution in [0.3, 0.4) is 0 Å². The van der Waals surface area contributed by atoms with Gasteiger partial charge >= 0.3 is 0 Å². The van der Waals surface area contributed by atoms with Crippen LogP contribution in [-0.4, -0.2) is 65.3 Å². The van der Waals surface area contributed by atoms with Crippen molar-refractivity contribution in [2.45, 2.75) is 57.7 Å². The van der Waals surface area contributed by atoms with E-state index in [9.17, 15) is 4.21 Å². The molecular formula is C16H34N4OS. The van der Waals surface area contributed by atoms with E-state index in [0.717, 1.165) is 63.6 Å². The quantitative estimate of drug-likeness (QED) is 0.524. The van der Waals surface area contributed by atoms with Crippen LogP contribution in [0.2, 0.25) is 0 Å². The highest BCUT2D eigenvalue weighted by Crippen LogP contribution is 2.22. The molecule has 3 atom stereocenters. The lowest BCUT2D eigenvalue weighted by Crippen LogP contribution is -2.48. The summed E-state index contributed by atoms with van der Waals surface area (Å²) >= 11 is 0. The number of nitrogens with one attached hydrogen (secondary N) is 2. The molecule has 1 aliphatic carbocycles. The van der Waals surface area contributed by atoms with Crippen LogP contribution in [0.15, 0.2) is 4.99 Å². The number of hydrogen-bond donors (Lipinski definition) is 2. The van der Waals surface area contributed by atoms with Gasteiger partial charge < -0.3 is 15.5 Å². The minimum Gasteiger partial charge on any atom is -0.355 e. The van der Waals surface area contributed by atoms with Crippen molar-refractivity contribution < 1.29 is 4.21 Å². The summed E-state index contributed by atoms with van der Waals surface area (Å²) < 4.78 is 12.0. The molecule has 5 nitrogen and oxygen atoms in total. The molecule has 130 valence electrons. The first-order valence-electron chi connectivity index (χ1n) is 8.71. The van der Waals surface area contributed by atoms with E-state index in [1.807, 2.05) is 14.0 Å². The molecule has 1 saturated carbocycles. The molecule has 0 spiro atoms. The minimum absolute atomic E-state index is 0.352. The summed E-state index contributed by atoms with van der Waals surface area (Å²) in [5.41, 5.74) is 0. The summed E-state index contributed by atoms with van der Waals surface area (Å²) in [5.74, 6) is 1.65. The summed E-state index contributed by atoms with van der Waals surface area (Å²) in [6, 6.07) is 0.397. The van der Waals surface area contributed by atoms with E-state index in [2.05, 4.69) is 34.4 Å². The molecule has 0 aromatic heterocycles. The molecule has 1 fully saturated rings. The van der Waals surface area contributed by atoms with Crippen molar-refractivity contribution in [3.8, 4) is 0 Å². The lowest BCUT2D eigenvalue weighted by molar-refractivity contribution is 0.307. The van der Waals surface area contributed by atoms with Crippen molar-refractivity contribution in [2.75, 3.05) is 39.0 Å². The number of aliphatic imine (C=N–C) groups is 1. The van der Waals surface area contributed by atoms with Gasteiger partial charge in [0.15, 0.2) is 5.96 Å². The van der Waals surface area contributed by atoms with Crippen molar-refractivity contribution >= 4 is 16.8 Å². The van der Waals surface area contributed by atoms with Crippen LogP contribution >= 0.6 is 0 Å². The Morgan fingerprint density at radius 2 is 2.00 bits per heavy atom. The number of nitrogens with zero attached hydrogens (tertiary/aromatic N) is 2. The van der Waals surface area contributed by atoms with Gasteiger partial charge in [0.2, 0.25) is 0 Å². The second-order valence-corrected chi connectivity index (χ2v) is 7.83. The molecule has 0 aliphatic heterocycles. The first-order valence-corrected chi connectivity index (χ1v) is 10.1. The van der Waals surface area contributed by atoms with Gasteiger partial charge in [0.25, 0.3) is 0 Å². The van der Waals surface area contributed by atoms with Crippen LogP contribution in [0.25, 0.3) is 0 Å². The SMILES string of the molecule is CCN(CC)CCNC(=NC)NC1CCCC(S(=O)CC)C1. The van der Waals surface area contributed by atoms with E-state index < -0.39 is 10.8 Å². The van der Waals surface area contributed by atoms with Gasteiger partial charge in [-0.05, 0) is 32.4 Å². The monoisotopic (exact) mass is 330 g/mol. The third kappa shape index (κ3) is 6.65. The van der Waals surface area contributed by atoms with E-state index in [-0.39, 0.29) is 0 Å². The lowest BCUT2D eigenvalue weighted by Gasteiger charge is -2.30. The Morgan fingerprint density at radius 1 is 1.27 bits per heavy atom. The largest absolute Gasteiger partial charge is 0.355 e. The van der Waals surface area contributed by atoms with E-state index in [1.54, 1.807) is 0 Å². The lowest BCUT2D eigenvalue weighted by atomic mass is 9.95. The molecule has 22 heavy (non-hydrogen) atoms. The number of likely N-dealkylation sites (N-methyl/N-ethyl adjacent to an activating group) is 1. The second kappa shape index (κ2) is 11.0. The zero-order valence-corrected chi connectivity index (χ0v) is 15.5. The van der Waals surface area contributed by atoms with Crippen LogP contribution in [0, 0.1) is 0 Å². The summed E-state index contributed by atoms with van der Waals surface area (Å²) in [4.78, 5) is 6.71. The van der Waals surface area contributed by atoms with Gasteiger partial charge in [-0.15, -0.1) is 0 Å². The Morgan fingerprint density at radius 3 is 2.59 bits per heavy atom. The standard InChI is InChI=1S/C16H34N4OS/c1-5-20(6-2)12-11-18-16(17-4)19-14-9-8-10-15(13-14)22(21)7-3/h14-15H,5-13H2,1-4H3,(H2,17,18,19). The highest BCUT2D eigenvalue weighted by atomic mass is 32.2. The predicted molar refractivity (Wildman–Crippen MR) is 97.0 cm³/mol.